The standard InChI is InChI=1S/C11H11N3OS/c1-15-9-4-8(12)5-10(6-9)16-11-7-13-2-3-14-11/h2-7H,12H2,1H3. The number of hydrogen-bond acceptors (Lipinski definition) is 5. The van der Waals surface area contributed by atoms with E-state index in [1.54, 1.807) is 31.8 Å². The van der Waals surface area contributed by atoms with Gasteiger partial charge in [-0.2, -0.15) is 0 Å². The Balaban J connectivity index is 2.24. The summed E-state index contributed by atoms with van der Waals surface area (Å²) in [4.78, 5) is 9.16. The van der Waals surface area contributed by atoms with E-state index in [1.165, 1.54) is 11.8 Å². The zero-order valence-electron chi connectivity index (χ0n) is 8.75. The molecule has 0 aliphatic carbocycles. The van der Waals surface area contributed by atoms with Crippen molar-refractivity contribution in [3.05, 3.63) is 36.8 Å². The highest BCUT2D eigenvalue weighted by molar-refractivity contribution is 7.99. The molecule has 0 saturated heterocycles. The lowest BCUT2D eigenvalue weighted by molar-refractivity contribution is 0.414. The third-order valence-electron chi connectivity index (χ3n) is 1.90. The molecule has 0 fully saturated rings. The Kier molecular flexibility index (Phi) is 3.26. The summed E-state index contributed by atoms with van der Waals surface area (Å²) in [5.74, 6) is 0.742. The largest absolute Gasteiger partial charge is 0.497 e. The maximum Gasteiger partial charge on any atom is 0.122 e. The number of rotatable bonds is 3. The average Bonchev–Trinajstić information content (AvgIpc) is 2.29. The molecule has 0 unspecified atom stereocenters. The lowest BCUT2D eigenvalue weighted by Gasteiger charge is -2.05. The maximum absolute atomic E-state index is 5.76. The van der Waals surface area contributed by atoms with Crippen molar-refractivity contribution in [3.63, 3.8) is 0 Å². The number of nitrogens with zero attached hydrogens (tertiary/aromatic N) is 2. The van der Waals surface area contributed by atoms with Crippen LogP contribution in [0.15, 0.2) is 46.7 Å². The van der Waals surface area contributed by atoms with E-state index in [0.29, 0.717) is 5.69 Å². The molecule has 2 N–H and O–H groups in total. The molecule has 0 atom stereocenters. The first-order chi connectivity index (χ1) is 7.78. The van der Waals surface area contributed by atoms with Crippen LogP contribution in [0, 0.1) is 0 Å². The second kappa shape index (κ2) is 4.85. The molecule has 5 heteroatoms. The molecule has 82 valence electrons. The first kappa shape index (κ1) is 10.8. The predicted octanol–water partition coefficient (Wildman–Crippen LogP) is 2.22. The van der Waals surface area contributed by atoms with Crippen LogP contribution in [0.2, 0.25) is 0 Å². The Morgan fingerprint density at radius 1 is 1.25 bits per heavy atom. The topological polar surface area (TPSA) is 61.0 Å². The van der Waals surface area contributed by atoms with Gasteiger partial charge in [0.1, 0.15) is 10.8 Å². The van der Waals surface area contributed by atoms with E-state index < -0.39 is 0 Å². The minimum Gasteiger partial charge on any atom is -0.497 e. The number of ether oxygens (including phenoxy) is 1. The second-order valence-corrected chi connectivity index (χ2v) is 4.18. The van der Waals surface area contributed by atoms with Gasteiger partial charge in [-0.05, 0) is 12.1 Å². The normalized spacial score (nSPS) is 10.1. The van der Waals surface area contributed by atoms with E-state index in [9.17, 15) is 0 Å². The highest BCUT2D eigenvalue weighted by atomic mass is 32.2. The minimum atomic E-state index is 0.672. The number of benzene rings is 1. The molecule has 2 rings (SSSR count). The summed E-state index contributed by atoms with van der Waals surface area (Å²) in [6, 6.07) is 5.57. The van der Waals surface area contributed by atoms with E-state index in [4.69, 9.17) is 10.5 Å². The summed E-state index contributed by atoms with van der Waals surface area (Å²) in [7, 11) is 1.62. The van der Waals surface area contributed by atoms with Gasteiger partial charge in [-0.1, -0.05) is 11.8 Å². The predicted molar refractivity (Wildman–Crippen MR) is 63.6 cm³/mol. The van der Waals surface area contributed by atoms with Gasteiger partial charge in [0.2, 0.25) is 0 Å². The van der Waals surface area contributed by atoms with Crippen LogP contribution in [0.3, 0.4) is 0 Å². The highest BCUT2D eigenvalue weighted by Crippen LogP contribution is 2.30. The average molecular weight is 233 g/mol. The van der Waals surface area contributed by atoms with Crippen LogP contribution < -0.4 is 10.5 Å². The molecule has 16 heavy (non-hydrogen) atoms. The number of aromatic nitrogens is 2. The number of nitrogens with two attached hydrogens (primary N) is 1. The van der Waals surface area contributed by atoms with Gasteiger partial charge in [0.05, 0.1) is 13.3 Å². The monoisotopic (exact) mass is 233 g/mol. The molecular weight excluding hydrogens is 222 g/mol. The Hall–Kier alpha value is -1.75. The van der Waals surface area contributed by atoms with Crippen molar-refractivity contribution in [2.75, 3.05) is 12.8 Å². The first-order valence-electron chi connectivity index (χ1n) is 4.66. The van der Waals surface area contributed by atoms with E-state index in [-0.39, 0.29) is 0 Å². The lowest BCUT2D eigenvalue weighted by atomic mass is 10.3. The van der Waals surface area contributed by atoms with Crippen LogP contribution in [0.25, 0.3) is 0 Å². The molecule has 1 heterocycles. The van der Waals surface area contributed by atoms with Crippen LogP contribution in [0.5, 0.6) is 5.75 Å². The van der Waals surface area contributed by atoms with Crippen LogP contribution in [-0.2, 0) is 0 Å². The Morgan fingerprint density at radius 2 is 2.12 bits per heavy atom. The third kappa shape index (κ3) is 2.64. The fourth-order valence-corrected chi connectivity index (χ4v) is 2.07. The molecular formula is C11H11N3OS. The second-order valence-electron chi connectivity index (χ2n) is 3.09. The Labute approximate surface area is 97.9 Å². The number of methoxy groups -OCH3 is 1. The van der Waals surface area contributed by atoms with Crippen LogP contribution in [-0.4, -0.2) is 17.1 Å². The van der Waals surface area contributed by atoms with E-state index in [1.807, 2.05) is 12.1 Å². The van der Waals surface area contributed by atoms with Crippen molar-refractivity contribution >= 4 is 17.4 Å². The Morgan fingerprint density at radius 3 is 2.81 bits per heavy atom. The van der Waals surface area contributed by atoms with Crippen molar-refractivity contribution < 1.29 is 4.74 Å². The van der Waals surface area contributed by atoms with E-state index >= 15 is 0 Å². The molecule has 0 amide bonds. The summed E-state index contributed by atoms with van der Waals surface area (Å²) < 4.78 is 5.14. The molecule has 0 bridgehead atoms. The summed E-state index contributed by atoms with van der Waals surface area (Å²) >= 11 is 1.50. The molecule has 2 aromatic rings. The Bertz CT molecular complexity index is 476. The number of nitrogen functional groups attached to an aromatic ring is 1. The highest BCUT2D eigenvalue weighted by Gasteiger charge is 2.02. The summed E-state index contributed by atoms with van der Waals surface area (Å²) in [6.07, 6.45) is 5.01. The SMILES string of the molecule is COc1cc(N)cc(Sc2cnccn2)c1. The molecule has 0 radical (unpaired) electrons. The van der Waals surface area contributed by atoms with Gasteiger partial charge in [0.15, 0.2) is 0 Å². The van der Waals surface area contributed by atoms with Crippen LogP contribution in [0.1, 0.15) is 0 Å². The van der Waals surface area contributed by atoms with Crippen molar-refractivity contribution in [2.45, 2.75) is 9.92 Å². The molecule has 0 saturated carbocycles. The fourth-order valence-electron chi connectivity index (χ4n) is 1.23. The first-order valence-corrected chi connectivity index (χ1v) is 5.48. The lowest BCUT2D eigenvalue weighted by Crippen LogP contribution is -1.89. The molecule has 0 aliphatic rings. The van der Waals surface area contributed by atoms with Crippen molar-refractivity contribution in [1.29, 1.82) is 0 Å². The number of hydrogen-bond donors (Lipinski definition) is 1. The van der Waals surface area contributed by atoms with Crippen LogP contribution >= 0.6 is 11.8 Å². The van der Waals surface area contributed by atoms with Gasteiger partial charge in [-0.3, -0.25) is 4.98 Å². The van der Waals surface area contributed by atoms with Gasteiger partial charge >= 0.3 is 0 Å². The number of anilines is 1. The van der Waals surface area contributed by atoms with Crippen LogP contribution in [0.4, 0.5) is 5.69 Å². The molecule has 1 aromatic heterocycles. The molecule has 4 nitrogen and oxygen atoms in total. The van der Waals surface area contributed by atoms with Crippen molar-refractivity contribution in [2.24, 2.45) is 0 Å². The van der Waals surface area contributed by atoms with Crippen molar-refractivity contribution in [1.82, 2.24) is 9.97 Å². The smallest absolute Gasteiger partial charge is 0.122 e. The minimum absolute atomic E-state index is 0.672. The summed E-state index contributed by atoms with van der Waals surface area (Å²) in [6.45, 7) is 0. The van der Waals surface area contributed by atoms with Gasteiger partial charge < -0.3 is 10.5 Å². The molecule has 0 aliphatic heterocycles. The molecule has 1 aromatic carbocycles. The quantitative estimate of drug-likeness (QED) is 0.824. The third-order valence-corrected chi connectivity index (χ3v) is 2.79. The zero-order chi connectivity index (χ0) is 11.4. The summed E-state index contributed by atoms with van der Waals surface area (Å²) in [5.41, 5.74) is 6.43. The maximum atomic E-state index is 5.76. The van der Waals surface area contributed by atoms with Crippen molar-refractivity contribution in [3.8, 4) is 5.75 Å². The van der Waals surface area contributed by atoms with Gasteiger partial charge in [-0.15, -0.1) is 0 Å². The van der Waals surface area contributed by atoms with E-state index in [2.05, 4.69) is 9.97 Å². The molecule has 0 spiro atoms. The summed E-state index contributed by atoms with van der Waals surface area (Å²) in [5, 5.41) is 0.829. The van der Waals surface area contributed by atoms with Gasteiger partial charge in [-0.25, -0.2) is 4.98 Å². The zero-order valence-corrected chi connectivity index (χ0v) is 9.57. The van der Waals surface area contributed by atoms with Gasteiger partial charge in [0, 0.05) is 29.0 Å². The van der Waals surface area contributed by atoms with E-state index in [0.717, 1.165) is 15.7 Å². The van der Waals surface area contributed by atoms with Gasteiger partial charge in [0.25, 0.3) is 0 Å². The fraction of sp³-hybridized carbons (Fsp3) is 0.0909.